The molecule has 0 unspecified atom stereocenters. The van der Waals surface area contributed by atoms with E-state index in [4.69, 9.17) is 27.9 Å². The second kappa shape index (κ2) is 5.64. The Morgan fingerprint density at radius 3 is 2.26 bits per heavy atom. The highest BCUT2D eigenvalue weighted by Gasteiger charge is 2.17. The second-order valence-electron chi connectivity index (χ2n) is 4.11. The Kier molecular flexibility index (Phi) is 4.13. The van der Waals surface area contributed by atoms with Gasteiger partial charge in [-0.05, 0) is 42.8 Å². The highest BCUT2D eigenvalue weighted by molar-refractivity contribution is 6.41. The summed E-state index contributed by atoms with van der Waals surface area (Å²) in [4.78, 5) is 12.4. The SMILES string of the molecule is COc1ccc(C(=O)c2c(Cl)cccc2Cl)cc1C. The Balaban J connectivity index is 2.48. The van der Waals surface area contributed by atoms with E-state index in [0.717, 1.165) is 11.3 Å². The molecule has 0 atom stereocenters. The van der Waals surface area contributed by atoms with Gasteiger partial charge in [-0.25, -0.2) is 0 Å². The van der Waals surface area contributed by atoms with Crippen molar-refractivity contribution in [3.05, 3.63) is 63.1 Å². The van der Waals surface area contributed by atoms with Crippen LogP contribution in [-0.4, -0.2) is 12.9 Å². The summed E-state index contributed by atoms with van der Waals surface area (Å²) >= 11 is 12.1. The van der Waals surface area contributed by atoms with Gasteiger partial charge in [0.25, 0.3) is 0 Å². The molecule has 2 rings (SSSR count). The van der Waals surface area contributed by atoms with Crippen LogP contribution in [0.1, 0.15) is 21.5 Å². The van der Waals surface area contributed by atoms with Gasteiger partial charge in [-0.3, -0.25) is 4.79 Å². The van der Waals surface area contributed by atoms with Crippen LogP contribution < -0.4 is 4.74 Å². The molecule has 0 heterocycles. The third-order valence-corrected chi connectivity index (χ3v) is 3.48. The predicted octanol–water partition coefficient (Wildman–Crippen LogP) is 4.54. The molecule has 2 nitrogen and oxygen atoms in total. The van der Waals surface area contributed by atoms with Gasteiger partial charge in [0.05, 0.1) is 22.7 Å². The van der Waals surface area contributed by atoms with Crippen molar-refractivity contribution in [1.82, 2.24) is 0 Å². The van der Waals surface area contributed by atoms with Crippen LogP contribution in [0, 0.1) is 6.92 Å². The zero-order chi connectivity index (χ0) is 14.0. The van der Waals surface area contributed by atoms with Gasteiger partial charge in [0.1, 0.15) is 5.75 Å². The van der Waals surface area contributed by atoms with Gasteiger partial charge in [-0.1, -0.05) is 29.3 Å². The van der Waals surface area contributed by atoms with Crippen molar-refractivity contribution in [3.8, 4) is 5.75 Å². The van der Waals surface area contributed by atoms with E-state index in [1.54, 1.807) is 43.5 Å². The minimum Gasteiger partial charge on any atom is -0.496 e. The van der Waals surface area contributed by atoms with Crippen LogP contribution in [0.3, 0.4) is 0 Å². The number of benzene rings is 2. The first-order valence-electron chi connectivity index (χ1n) is 5.68. The van der Waals surface area contributed by atoms with Crippen LogP contribution in [0.4, 0.5) is 0 Å². The molecule has 0 saturated heterocycles. The molecule has 0 N–H and O–H groups in total. The molecule has 0 radical (unpaired) electrons. The van der Waals surface area contributed by atoms with Crippen LogP contribution in [0.5, 0.6) is 5.75 Å². The Morgan fingerprint density at radius 2 is 1.74 bits per heavy atom. The van der Waals surface area contributed by atoms with Crippen molar-refractivity contribution in [2.45, 2.75) is 6.92 Å². The van der Waals surface area contributed by atoms with Gasteiger partial charge in [-0.15, -0.1) is 0 Å². The number of hydrogen-bond acceptors (Lipinski definition) is 2. The van der Waals surface area contributed by atoms with E-state index in [1.807, 2.05) is 6.92 Å². The van der Waals surface area contributed by atoms with Crippen molar-refractivity contribution in [2.24, 2.45) is 0 Å². The summed E-state index contributed by atoms with van der Waals surface area (Å²) in [5.41, 5.74) is 1.75. The predicted molar refractivity (Wildman–Crippen MR) is 77.6 cm³/mol. The van der Waals surface area contributed by atoms with Crippen molar-refractivity contribution in [2.75, 3.05) is 7.11 Å². The average Bonchev–Trinajstić information content (AvgIpc) is 2.38. The van der Waals surface area contributed by atoms with Gasteiger partial charge in [0.2, 0.25) is 0 Å². The van der Waals surface area contributed by atoms with E-state index in [1.165, 1.54) is 0 Å². The Bertz CT molecular complexity index is 616. The fourth-order valence-electron chi connectivity index (χ4n) is 1.88. The molecule has 2 aromatic carbocycles. The highest BCUT2D eigenvalue weighted by Crippen LogP contribution is 2.28. The van der Waals surface area contributed by atoms with Crippen LogP contribution in [0.2, 0.25) is 10.0 Å². The lowest BCUT2D eigenvalue weighted by Gasteiger charge is -2.09. The van der Waals surface area contributed by atoms with Crippen LogP contribution in [0.25, 0.3) is 0 Å². The molecule has 98 valence electrons. The number of rotatable bonds is 3. The lowest BCUT2D eigenvalue weighted by atomic mass is 10.0. The summed E-state index contributed by atoms with van der Waals surface area (Å²) in [5, 5.41) is 0.706. The maximum atomic E-state index is 12.4. The van der Waals surface area contributed by atoms with Gasteiger partial charge >= 0.3 is 0 Å². The largest absolute Gasteiger partial charge is 0.496 e. The third kappa shape index (κ3) is 2.75. The van der Waals surface area contributed by atoms with Gasteiger partial charge in [0.15, 0.2) is 5.78 Å². The van der Waals surface area contributed by atoms with E-state index >= 15 is 0 Å². The molecule has 2 aromatic rings. The maximum Gasteiger partial charge on any atom is 0.196 e. The fraction of sp³-hybridized carbons (Fsp3) is 0.133. The zero-order valence-corrected chi connectivity index (χ0v) is 12.0. The summed E-state index contributed by atoms with van der Waals surface area (Å²) in [6.45, 7) is 1.88. The lowest BCUT2D eigenvalue weighted by molar-refractivity contribution is 0.103. The monoisotopic (exact) mass is 294 g/mol. The van der Waals surface area contributed by atoms with Crippen molar-refractivity contribution in [3.63, 3.8) is 0 Å². The standard InChI is InChI=1S/C15H12Cl2O2/c1-9-8-10(6-7-13(9)19-2)15(18)14-11(16)4-3-5-12(14)17/h3-8H,1-2H3. The number of aryl methyl sites for hydroxylation is 1. The highest BCUT2D eigenvalue weighted by atomic mass is 35.5. The quantitative estimate of drug-likeness (QED) is 0.777. The third-order valence-electron chi connectivity index (χ3n) is 2.85. The Labute approximate surface area is 121 Å². The molecule has 0 saturated carbocycles. The number of ether oxygens (including phenoxy) is 1. The normalized spacial score (nSPS) is 10.3. The van der Waals surface area contributed by atoms with Crippen LogP contribution in [-0.2, 0) is 0 Å². The number of methoxy groups -OCH3 is 1. The van der Waals surface area contributed by atoms with Gasteiger partial charge in [-0.2, -0.15) is 0 Å². The Hall–Kier alpha value is -1.51. The summed E-state index contributed by atoms with van der Waals surface area (Å²) in [6, 6.07) is 10.2. The van der Waals surface area contributed by atoms with Crippen molar-refractivity contribution >= 4 is 29.0 Å². The molecule has 0 amide bonds. The fourth-order valence-corrected chi connectivity index (χ4v) is 2.45. The number of carbonyl (C=O) groups is 1. The number of hydrogen-bond donors (Lipinski definition) is 0. The van der Waals surface area contributed by atoms with Crippen molar-refractivity contribution in [1.29, 1.82) is 0 Å². The van der Waals surface area contributed by atoms with Gasteiger partial charge < -0.3 is 4.74 Å². The number of halogens is 2. The average molecular weight is 295 g/mol. The summed E-state index contributed by atoms with van der Waals surface area (Å²) in [5.74, 6) is 0.545. The topological polar surface area (TPSA) is 26.3 Å². The molecule has 0 bridgehead atoms. The molecule has 0 spiro atoms. The Morgan fingerprint density at radius 1 is 1.11 bits per heavy atom. The van der Waals surface area contributed by atoms with E-state index in [-0.39, 0.29) is 5.78 Å². The van der Waals surface area contributed by atoms with Crippen molar-refractivity contribution < 1.29 is 9.53 Å². The molecule has 4 heteroatoms. The summed E-state index contributed by atoms with van der Waals surface area (Å²) < 4.78 is 5.17. The first-order chi connectivity index (χ1) is 9.04. The van der Waals surface area contributed by atoms with Crippen LogP contribution >= 0.6 is 23.2 Å². The molecular weight excluding hydrogens is 283 g/mol. The van der Waals surface area contributed by atoms with Crippen LogP contribution in [0.15, 0.2) is 36.4 Å². The van der Waals surface area contributed by atoms with E-state index in [0.29, 0.717) is 21.2 Å². The maximum absolute atomic E-state index is 12.4. The first kappa shape index (κ1) is 13.9. The van der Waals surface area contributed by atoms with E-state index < -0.39 is 0 Å². The molecular formula is C15H12Cl2O2. The summed E-state index contributed by atoms with van der Waals surface area (Å²) in [6.07, 6.45) is 0. The molecule has 0 aromatic heterocycles. The minimum absolute atomic E-state index is 0.193. The number of carbonyl (C=O) groups excluding carboxylic acids is 1. The molecule has 0 aliphatic heterocycles. The second-order valence-corrected chi connectivity index (χ2v) is 4.92. The number of ketones is 1. The minimum atomic E-state index is -0.193. The van der Waals surface area contributed by atoms with Gasteiger partial charge in [0, 0.05) is 5.56 Å². The summed E-state index contributed by atoms with van der Waals surface area (Å²) in [7, 11) is 1.59. The molecule has 19 heavy (non-hydrogen) atoms. The first-order valence-corrected chi connectivity index (χ1v) is 6.43. The molecule has 0 fully saturated rings. The molecule has 0 aliphatic rings. The van der Waals surface area contributed by atoms with E-state index in [2.05, 4.69) is 0 Å². The smallest absolute Gasteiger partial charge is 0.196 e. The lowest BCUT2D eigenvalue weighted by Crippen LogP contribution is -2.04. The molecule has 0 aliphatic carbocycles. The zero-order valence-electron chi connectivity index (χ0n) is 10.5. The van der Waals surface area contributed by atoms with E-state index in [9.17, 15) is 4.79 Å².